The molecule has 0 spiro atoms. The topological polar surface area (TPSA) is 59.6 Å². The van der Waals surface area contributed by atoms with E-state index in [0.29, 0.717) is 18.7 Å². The zero-order valence-electron chi connectivity index (χ0n) is 12.0. The normalized spacial score (nSPS) is 12.0. The molecule has 0 aliphatic heterocycles. The summed E-state index contributed by atoms with van der Waals surface area (Å²) in [7, 11) is 3.32. The van der Waals surface area contributed by atoms with E-state index in [1.807, 2.05) is 6.92 Å². The SMILES string of the molecule is CNCc1cccc(F)c1OCC(=O)NC(C)COC. The van der Waals surface area contributed by atoms with Gasteiger partial charge in [0.15, 0.2) is 18.2 Å². The van der Waals surface area contributed by atoms with Crippen LogP contribution in [0.1, 0.15) is 12.5 Å². The van der Waals surface area contributed by atoms with E-state index in [9.17, 15) is 9.18 Å². The maximum atomic E-state index is 13.7. The van der Waals surface area contributed by atoms with Crippen LogP contribution in [-0.4, -0.2) is 39.3 Å². The molecule has 1 amide bonds. The van der Waals surface area contributed by atoms with Gasteiger partial charge in [0.25, 0.3) is 5.91 Å². The van der Waals surface area contributed by atoms with Gasteiger partial charge in [0, 0.05) is 25.3 Å². The number of amides is 1. The van der Waals surface area contributed by atoms with Crippen molar-refractivity contribution in [2.24, 2.45) is 0 Å². The molecule has 1 rings (SSSR count). The van der Waals surface area contributed by atoms with Crippen LogP contribution in [0.2, 0.25) is 0 Å². The summed E-state index contributed by atoms with van der Waals surface area (Å²) in [4.78, 5) is 11.7. The standard InChI is InChI=1S/C14H21FN2O3/c1-10(8-19-3)17-13(18)9-20-14-11(7-16-2)5-4-6-12(14)15/h4-6,10,16H,7-9H2,1-3H3,(H,17,18). The molecule has 0 aromatic heterocycles. The minimum atomic E-state index is -0.476. The number of ether oxygens (including phenoxy) is 2. The Labute approximate surface area is 118 Å². The minimum Gasteiger partial charge on any atom is -0.480 e. The van der Waals surface area contributed by atoms with E-state index in [1.54, 1.807) is 26.3 Å². The second kappa shape index (κ2) is 8.50. The highest BCUT2D eigenvalue weighted by Crippen LogP contribution is 2.22. The fraction of sp³-hybridized carbons (Fsp3) is 0.500. The first kappa shape index (κ1) is 16.4. The summed E-state index contributed by atoms with van der Waals surface area (Å²) in [5.41, 5.74) is 0.672. The third-order valence-electron chi connectivity index (χ3n) is 2.59. The molecule has 1 aromatic rings. The van der Waals surface area contributed by atoms with Crippen molar-refractivity contribution in [1.29, 1.82) is 0 Å². The Balaban J connectivity index is 2.58. The highest BCUT2D eigenvalue weighted by Gasteiger charge is 2.12. The number of nitrogens with one attached hydrogen (secondary N) is 2. The van der Waals surface area contributed by atoms with Crippen molar-refractivity contribution in [1.82, 2.24) is 10.6 Å². The van der Waals surface area contributed by atoms with E-state index in [2.05, 4.69) is 10.6 Å². The van der Waals surface area contributed by atoms with E-state index in [4.69, 9.17) is 9.47 Å². The van der Waals surface area contributed by atoms with Crippen LogP contribution in [0.5, 0.6) is 5.75 Å². The summed E-state index contributed by atoms with van der Waals surface area (Å²) in [6, 6.07) is 4.55. The van der Waals surface area contributed by atoms with Crippen LogP contribution in [0.15, 0.2) is 18.2 Å². The molecule has 0 bridgehead atoms. The number of benzene rings is 1. The fourth-order valence-electron chi connectivity index (χ4n) is 1.79. The second-order valence-corrected chi connectivity index (χ2v) is 4.47. The van der Waals surface area contributed by atoms with Gasteiger partial charge in [-0.25, -0.2) is 4.39 Å². The third kappa shape index (κ3) is 5.14. The van der Waals surface area contributed by atoms with Crippen LogP contribution in [0, 0.1) is 5.82 Å². The number of carbonyl (C=O) groups is 1. The first-order chi connectivity index (χ1) is 9.58. The number of methoxy groups -OCH3 is 1. The average Bonchev–Trinajstić information content (AvgIpc) is 2.38. The second-order valence-electron chi connectivity index (χ2n) is 4.47. The lowest BCUT2D eigenvalue weighted by molar-refractivity contribution is -0.124. The Kier molecular flexibility index (Phi) is 6.97. The van der Waals surface area contributed by atoms with E-state index in [-0.39, 0.29) is 24.3 Å². The molecule has 0 saturated heterocycles. The monoisotopic (exact) mass is 284 g/mol. The van der Waals surface area contributed by atoms with Crippen LogP contribution in [0.3, 0.4) is 0 Å². The van der Waals surface area contributed by atoms with Crippen molar-refractivity contribution in [2.75, 3.05) is 27.4 Å². The van der Waals surface area contributed by atoms with Crippen LogP contribution < -0.4 is 15.4 Å². The van der Waals surface area contributed by atoms with Gasteiger partial charge in [-0.2, -0.15) is 0 Å². The molecule has 0 aliphatic carbocycles. The van der Waals surface area contributed by atoms with Crippen molar-refractivity contribution in [3.63, 3.8) is 0 Å². The average molecular weight is 284 g/mol. The summed E-state index contributed by atoms with van der Waals surface area (Å²) >= 11 is 0. The molecular formula is C14H21FN2O3. The van der Waals surface area contributed by atoms with Crippen molar-refractivity contribution in [3.05, 3.63) is 29.6 Å². The van der Waals surface area contributed by atoms with E-state index in [0.717, 1.165) is 0 Å². The van der Waals surface area contributed by atoms with Gasteiger partial charge in [0.2, 0.25) is 0 Å². The third-order valence-corrected chi connectivity index (χ3v) is 2.59. The minimum absolute atomic E-state index is 0.108. The van der Waals surface area contributed by atoms with Gasteiger partial charge in [-0.15, -0.1) is 0 Å². The summed E-state index contributed by atoms with van der Waals surface area (Å²) in [6.45, 7) is 2.47. The Morgan fingerprint density at radius 2 is 2.20 bits per heavy atom. The predicted molar refractivity (Wildman–Crippen MR) is 74.1 cm³/mol. The lowest BCUT2D eigenvalue weighted by atomic mass is 10.2. The van der Waals surface area contributed by atoms with Gasteiger partial charge < -0.3 is 20.1 Å². The number of para-hydroxylation sites is 1. The van der Waals surface area contributed by atoms with Crippen molar-refractivity contribution in [3.8, 4) is 5.75 Å². The molecule has 0 fully saturated rings. The van der Waals surface area contributed by atoms with Crippen LogP contribution in [0.25, 0.3) is 0 Å². The van der Waals surface area contributed by atoms with Crippen LogP contribution in [-0.2, 0) is 16.1 Å². The molecule has 2 N–H and O–H groups in total. The zero-order chi connectivity index (χ0) is 15.0. The molecule has 112 valence electrons. The molecule has 6 heteroatoms. The Morgan fingerprint density at radius 1 is 1.45 bits per heavy atom. The summed E-state index contributed by atoms with van der Waals surface area (Å²) in [5, 5.41) is 5.62. The van der Waals surface area contributed by atoms with Crippen molar-refractivity contribution < 1.29 is 18.7 Å². The molecule has 0 heterocycles. The highest BCUT2D eigenvalue weighted by atomic mass is 19.1. The van der Waals surface area contributed by atoms with E-state index >= 15 is 0 Å². The van der Waals surface area contributed by atoms with Crippen molar-refractivity contribution >= 4 is 5.91 Å². The Bertz CT molecular complexity index is 440. The van der Waals surface area contributed by atoms with Gasteiger partial charge in [-0.1, -0.05) is 12.1 Å². The molecule has 0 radical (unpaired) electrons. The van der Waals surface area contributed by atoms with Gasteiger partial charge in [-0.05, 0) is 20.0 Å². The Hall–Kier alpha value is -1.66. The smallest absolute Gasteiger partial charge is 0.258 e. The highest BCUT2D eigenvalue weighted by molar-refractivity contribution is 5.77. The molecule has 1 aromatic carbocycles. The lowest BCUT2D eigenvalue weighted by Gasteiger charge is -2.15. The first-order valence-electron chi connectivity index (χ1n) is 6.41. The maximum Gasteiger partial charge on any atom is 0.258 e. The van der Waals surface area contributed by atoms with Gasteiger partial charge in [0.1, 0.15) is 0 Å². The van der Waals surface area contributed by atoms with Gasteiger partial charge in [-0.3, -0.25) is 4.79 Å². The van der Waals surface area contributed by atoms with Crippen LogP contribution >= 0.6 is 0 Å². The lowest BCUT2D eigenvalue weighted by Crippen LogP contribution is -2.38. The largest absolute Gasteiger partial charge is 0.480 e. The number of rotatable bonds is 8. The first-order valence-corrected chi connectivity index (χ1v) is 6.41. The maximum absolute atomic E-state index is 13.7. The summed E-state index contributed by atoms with van der Waals surface area (Å²) < 4.78 is 23.9. The summed E-state index contributed by atoms with van der Waals surface area (Å²) in [5.74, 6) is -0.680. The molecule has 0 saturated carbocycles. The molecule has 1 unspecified atom stereocenters. The van der Waals surface area contributed by atoms with Crippen molar-refractivity contribution in [2.45, 2.75) is 19.5 Å². The number of hydrogen-bond donors (Lipinski definition) is 2. The number of halogens is 1. The molecular weight excluding hydrogens is 263 g/mol. The van der Waals surface area contributed by atoms with E-state index < -0.39 is 5.82 Å². The molecule has 1 atom stereocenters. The van der Waals surface area contributed by atoms with Gasteiger partial charge in [0.05, 0.1) is 6.61 Å². The number of hydrogen-bond acceptors (Lipinski definition) is 4. The fourth-order valence-corrected chi connectivity index (χ4v) is 1.79. The van der Waals surface area contributed by atoms with Crippen LogP contribution in [0.4, 0.5) is 4.39 Å². The molecule has 0 aliphatic rings. The Morgan fingerprint density at radius 3 is 2.85 bits per heavy atom. The van der Waals surface area contributed by atoms with E-state index in [1.165, 1.54) is 6.07 Å². The van der Waals surface area contributed by atoms with Gasteiger partial charge >= 0.3 is 0 Å². The predicted octanol–water partition coefficient (Wildman–Crippen LogP) is 1.07. The molecule has 20 heavy (non-hydrogen) atoms. The zero-order valence-corrected chi connectivity index (χ0v) is 12.0. The number of carbonyl (C=O) groups excluding carboxylic acids is 1. The quantitative estimate of drug-likeness (QED) is 0.750. The molecule has 5 nitrogen and oxygen atoms in total. The summed E-state index contributed by atoms with van der Waals surface area (Å²) in [6.07, 6.45) is 0.